The van der Waals surface area contributed by atoms with Crippen LogP contribution in [-0.2, 0) is 22.0 Å². The second kappa shape index (κ2) is 11.7. The summed E-state index contributed by atoms with van der Waals surface area (Å²) in [4.78, 5) is 2.10. The quantitative estimate of drug-likeness (QED) is 0.456. The predicted octanol–water partition coefficient (Wildman–Crippen LogP) is 5.65. The van der Waals surface area contributed by atoms with Crippen LogP contribution in [-0.4, -0.2) is 43.2 Å². The van der Waals surface area contributed by atoms with Crippen molar-refractivity contribution in [2.75, 3.05) is 13.1 Å². The van der Waals surface area contributed by atoms with Gasteiger partial charge in [0.2, 0.25) is 10.0 Å². The van der Waals surface area contributed by atoms with E-state index in [9.17, 15) is 13.5 Å². The van der Waals surface area contributed by atoms with E-state index < -0.39 is 16.1 Å². The highest BCUT2D eigenvalue weighted by Crippen LogP contribution is 2.24. The third kappa shape index (κ3) is 9.36. The highest BCUT2D eigenvalue weighted by atomic mass is 35.5. The summed E-state index contributed by atoms with van der Waals surface area (Å²) >= 11 is 11.8. The lowest BCUT2D eigenvalue weighted by Crippen LogP contribution is -2.47. The van der Waals surface area contributed by atoms with E-state index in [0.717, 1.165) is 5.56 Å². The molecular weight excluding hydrogens is 503 g/mol. The SMILES string of the molecule is CC(C)(C)c1ccc(CN(C[C@@H](O)CNS(=O)(=O)c2cc(Cl)cc(Cl)c2)C(C)(C)C)cc1.Cl. The summed E-state index contributed by atoms with van der Waals surface area (Å²) in [7, 11) is -3.85. The second-order valence-electron chi connectivity index (χ2n) is 10.1. The number of β-amino-alcohol motifs (C(OH)–C–C–N with tert-alkyl or cyclic N) is 1. The van der Waals surface area contributed by atoms with Crippen molar-refractivity contribution in [3.8, 4) is 0 Å². The van der Waals surface area contributed by atoms with Crippen molar-refractivity contribution in [1.29, 1.82) is 0 Å². The maximum atomic E-state index is 12.6. The number of nitrogens with one attached hydrogen (secondary N) is 1. The second-order valence-corrected chi connectivity index (χ2v) is 12.7. The van der Waals surface area contributed by atoms with Crippen LogP contribution in [0, 0.1) is 0 Å². The summed E-state index contributed by atoms with van der Waals surface area (Å²) in [6.45, 7) is 13.6. The zero-order valence-corrected chi connectivity index (χ0v) is 23.2. The fourth-order valence-electron chi connectivity index (χ4n) is 3.20. The number of aliphatic hydroxyl groups excluding tert-OH is 1. The molecule has 2 rings (SSSR count). The van der Waals surface area contributed by atoms with E-state index in [1.54, 1.807) is 0 Å². The Morgan fingerprint density at radius 1 is 0.970 bits per heavy atom. The molecule has 0 bridgehead atoms. The summed E-state index contributed by atoms with van der Waals surface area (Å²) < 4.78 is 27.6. The fourth-order valence-corrected chi connectivity index (χ4v) is 5.00. The van der Waals surface area contributed by atoms with Gasteiger partial charge in [-0.15, -0.1) is 12.4 Å². The average molecular weight is 538 g/mol. The highest BCUT2D eigenvalue weighted by molar-refractivity contribution is 7.89. The normalized spacial score (nSPS) is 13.6. The predicted molar refractivity (Wildman–Crippen MR) is 140 cm³/mol. The highest BCUT2D eigenvalue weighted by Gasteiger charge is 2.25. The molecule has 0 aliphatic rings. The molecule has 0 fully saturated rings. The number of halogens is 3. The minimum Gasteiger partial charge on any atom is -0.390 e. The minimum absolute atomic E-state index is 0. The summed E-state index contributed by atoms with van der Waals surface area (Å²) in [5.41, 5.74) is 2.26. The van der Waals surface area contributed by atoms with E-state index in [1.807, 2.05) is 0 Å². The molecule has 2 N–H and O–H groups in total. The molecule has 186 valence electrons. The molecule has 33 heavy (non-hydrogen) atoms. The molecule has 5 nitrogen and oxygen atoms in total. The molecule has 0 heterocycles. The molecule has 0 saturated carbocycles. The molecule has 0 spiro atoms. The lowest BCUT2D eigenvalue weighted by atomic mass is 9.86. The van der Waals surface area contributed by atoms with Crippen molar-refractivity contribution in [2.24, 2.45) is 0 Å². The Balaban J connectivity index is 0.00000544. The van der Waals surface area contributed by atoms with Gasteiger partial charge in [-0.25, -0.2) is 13.1 Å². The number of benzene rings is 2. The van der Waals surface area contributed by atoms with Crippen molar-refractivity contribution in [1.82, 2.24) is 9.62 Å². The summed E-state index contributed by atoms with van der Waals surface area (Å²) in [5, 5.41) is 11.1. The molecule has 0 aliphatic heterocycles. The molecule has 9 heteroatoms. The molecule has 0 unspecified atom stereocenters. The molecule has 1 atom stereocenters. The van der Waals surface area contributed by atoms with Gasteiger partial charge < -0.3 is 5.11 Å². The smallest absolute Gasteiger partial charge is 0.240 e. The van der Waals surface area contributed by atoms with Crippen LogP contribution >= 0.6 is 35.6 Å². The van der Waals surface area contributed by atoms with Gasteiger partial charge in [0.15, 0.2) is 0 Å². The summed E-state index contributed by atoms with van der Waals surface area (Å²) in [5.74, 6) is 0. The van der Waals surface area contributed by atoms with Crippen molar-refractivity contribution in [3.63, 3.8) is 0 Å². The third-order valence-electron chi connectivity index (χ3n) is 5.23. The van der Waals surface area contributed by atoms with Crippen LogP contribution in [0.25, 0.3) is 0 Å². The first-order chi connectivity index (χ1) is 14.6. The van der Waals surface area contributed by atoms with E-state index in [1.165, 1.54) is 23.8 Å². The van der Waals surface area contributed by atoms with Gasteiger partial charge in [-0.1, -0.05) is 68.2 Å². The summed E-state index contributed by atoms with van der Waals surface area (Å²) in [6.07, 6.45) is -0.896. The van der Waals surface area contributed by atoms with Crippen LogP contribution in [0.4, 0.5) is 0 Å². The Hall–Kier alpha value is -0.860. The van der Waals surface area contributed by atoms with E-state index in [-0.39, 0.29) is 44.8 Å². The Morgan fingerprint density at radius 3 is 1.94 bits per heavy atom. The zero-order chi connectivity index (χ0) is 24.3. The van der Waals surface area contributed by atoms with Crippen LogP contribution < -0.4 is 4.72 Å². The van der Waals surface area contributed by atoms with Crippen molar-refractivity contribution in [2.45, 2.75) is 70.0 Å². The van der Waals surface area contributed by atoms with E-state index in [2.05, 4.69) is 75.4 Å². The Morgan fingerprint density at radius 2 is 1.48 bits per heavy atom. The number of sulfonamides is 1. The molecule has 0 saturated heterocycles. The maximum Gasteiger partial charge on any atom is 0.240 e. The number of nitrogens with zero attached hydrogens (tertiary/aromatic N) is 1. The number of hydrogen-bond acceptors (Lipinski definition) is 4. The lowest BCUT2D eigenvalue weighted by Gasteiger charge is -2.37. The first kappa shape index (κ1) is 30.2. The van der Waals surface area contributed by atoms with Crippen LogP contribution in [0.1, 0.15) is 52.7 Å². The van der Waals surface area contributed by atoms with Crippen molar-refractivity contribution < 1.29 is 13.5 Å². The van der Waals surface area contributed by atoms with Crippen LogP contribution in [0.5, 0.6) is 0 Å². The first-order valence-corrected chi connectivity index (χ1v) is 12.8. The fraction of sp³-hybridized carbons (Fsp3) is 0.500. The molecule has 2 aromatic carbocycles. The average Bonchev–Trinajstić information content (AvgIpc) is 2.64. The van der Waals surface area contributed by atoms with Crippen LogP contribution in [0.15, 0.2) is 47.4 Å². The first-order valence-electron chi connectivity index (χ1n) is 10.6. The Labute approximate surface area is 214 Å². The maximum absolute atomic E-state index is 12.6. The molecule has 0 radical (unpaired) electrons. The monoisotopic (exact) mass is 536 g/mol. The van der Waals surface area contributed by atoms with Gasteiger partial charge in [-0.2, -0.15) is 0 Å². The van der Waals surface area contributed by atoms with E-state index in [4.69, 9.17) is 23.2 Å². The van der Waals surface area contributed by atoms with Gasteiger partial charge in [0.25, 0.3) is 0 Å². The molecule has 2 aromatic rings. The number of rotatable bonds is 8. The van der Waals surface area contributed by atoms with Gasteiger partial charge in [0.05, 0.1) is 11.0 Å². The molecule has 0 amide bonds. The number of hydrogen-bond donors (Lipinski definition) is 2. The zero-order valence-electron chi connectivity index (χ0n) is 20.0. The van der Waals surface area contributed by atoms with Crippen LogP contribution in [0.3, 0.4) is 0 Å². The number of aliphatic hydroxyl groups is 1. The topological polar surface area (TPSA) is 69.6 Å². The van der Waals surface area contributed by atoms with E-state index >= 15 is 0 Å². The Bertz CT molecular complexity index is 994. The van der Waals surface area contributed by atoms with Gasteiger partial charge in [-0.3, -0.25) is 4.90 Å². The largest absolute Gasteiger partial charge is 0.390 e. The Kier molecular flexibility index (Phi) is 10.7. The summed E-state index contributed by atoms with van der Waals surface area (Å²) in [6, 6.07) is 12.6. The van der Waals surface area contributed by atoms with E-state index in [0.29, 0.717) is 13.1 Å². The lowest BCUT2D eigenvalue weighted by molar-refractivity contribution is 0.0551. The van der Waals surface area contributed by atoms with Gasteiger partial charge in [-0.05, 0) is 55.5 Å². The van der Waals surface area contributed by atoms with Crippen molar-refractivity contribution >= 4 is 45.6 Å². The van der Waals surface area contributed by atoms with Gasteiger partial charge in [0.1, 0.15) is 0 Å². The van der Waals surface area contributed by atoms with Crippen LogP contribution in [0.2, 0.25) is 10.0 Å². The molecular formula is C24H35Cl3N2O3S. The molecule has 0 aromatic heterocycles. The van der Waals surface area contributed by atoms with Crippen molar-refractivity contribution in [3.05, 3.63) is 63.6 Å². The minimum atomic E-state index is -3.85. The van der Waals surface area contributed by atoms with Gasteiger partial charge >= 0.3 is 0 Å². The van der Waals surface area contributed by atoms with Gasteiger partial charge in [0, 0.05) is 35.2 Å². The molecule has 0 aliphatic carbocycles. The standard InChI is InChI=1S/C24H34Cl2N2O3S.ClH/c1-23(2,3)18-9-7-17(8-10-18)15-28(24(4,5)6)16-21(29)14-27-32(30,31)22-12-19(25)11-20(26)13-22;/h7-13,21,27,29H,14-16H2,1-6H3;1H/t21-;/m0./s1. The third-order valence-corrected chi connectivity index (χ3v) is 7.07.